The number of amides is 1. The van der Waals surface area contributed by atoms with Crippen molar-refractivity contribution >= 4 is 16.7 Å². The number of nitrogens with zero attached hydrogens (tertiary/aromatic N) is 3. The maximum Gasteiger partial charge on any atom is 0.275 e. The van der Waals surface area contributed by atoms with E-state index in [9.17, 15) is 19.8 Å². The number of carbonyl (C=O) groups excluding carboxylic acids is 1. The first kappa shape index (κ1) is 18.5. The number of aryl methyl sites for hydroxylation is 1. The number of hydrogen-bond donors (Lipinski definition) is 2. The summed E-state index contributed by atoms with van der Waals surface area (Å²) >= 11 is 0. The molecule has 1 aromatic carbocycles. The number of β-amino-alcohol motifs (C(OH)–C–C–N with tert-alkyl or cyclic N) is 1. The van der Waals surface area contributed by atoms with E-state index in [1.165, 1.54) is 11.7 Å². The molecule has 26 heavy (non-hydrogen) atoms. The quantitative estimate of drug-likeness (QED) is 0.846. The molecule has 0 spiro atoms. The largest absolute Gasteiger partial charge is 0.396 e. The highest BCUT2D eigenvalue weighted by atomic mass is 16.3. The summed E-state index contributed by atoms with van der Waals surface area (Å²) in [5, 5.41) is 25.5. The summed E-state index contributed by atoms with van der Waals surface area (Å²) in [6.45, 7) is 2.51. The van der Waals surface area contributed by atoms with Crippen molar-refractivity contribution in [3.63, 3.8) is 0 Å². The van der Waals surface area contributed by atoms with Gasteiger partial charge in [0.1, 0.15) is 0 Å². The Kier molecular flexibility index (Phi) is 5.11. The molecule has 1 fully saturated rings. The van der Waals surface area contributed by atoms with E-state index < -0.39 is 11.5 Å². The van der Waals surface area contributed by atoms with Gasteiger partial charge in [-0.2, -0.15) is 5.10 Å². The van der Waals surface area contributed by atoms with Gasteiger partial charge in [-0.3, -0.25) is 9.59 Å². The molecule has 2 atom stereocenters. The first-order valence-corrected chi connectivity index (χ1v) is 8.98. The molecule has 7 heteroatoms. The van der Waals surface area contributed by atoms with Crippen LogP contribution < -0.4 is 5.56 Å². The predicted octanol–water partition coefficient (Wildman–Crippen LogP) is 0.919. The van der Waals surface area contributed by atoms with Crippen molar-refractivity contribution in [3.8, 4) is 0 Å². The minimum atomic E-state index is -0.788. The summed E-state index contributed by atoms with van der Waals surface area (Å²) < 4.78 is 1.17. The Balaban J connectivity index is 1.93. The molecule has 0 bridgehead atoms. The molecule has 140 valence electrons. The highest BCUT2D eigenvalue weighted by Crippen LogP contribution is 2.36. The zero-order chi connectivity index (χ0) is 18.9. The van der Waals surface area contributed by atoms with Gasteiger partial charge < -0.3 is 15.1 Å². The van der Waals surface area contributed by atoms with Crippen LogP contribution in [0.2, 0.25) is 0 Å². The van der Waals surface area contributed by atoms with Gasteiger partial charge in [0.25, 0.3) is 11.5 Å². The van der Waals surface area contributed by atoms with E-state index in [0.717, 1.165) is 6.42 Å². The fourth-order valence-corrected chi connectivity index (χ4v) is 3.86. The first-order valence-electron chi connectivity index (χ1n) is 8.98. The van der Waals surface area contributed by atoms with Crippen LogP contribution in [0.4, 0.5) is 0 Å². The minimum Gasteiger partial charge on any atom is -0.396 e. The topological polar surface area (TPSA) is 95.7 Å². The van der Waals surface area contributed by atoms with Crippen LogP contribution >= 0.6 is 0 Å². The lowest BCUT2D eigenvalue weighted by molar-refractivity contribution is -0.0714. The summed E-state index contributed by atoms with van der Waals surface area (Å²) in [5.74, 6) is -0.307. The number of aliphatic hydroxyl groups excluding tert-OH is 2. The standard InChI is InChI=1S/C19H25N3O4/c1-3-8-19(12-23)9-10-22(11-15(19)24)18(26)16-13-6-4-5-7-14(13)17(25)21(2)20-16/h4-7,15,23-24H,3,8-12H2,1-2H3/t15-,19+/m0/s1. The van der Waals surface area contributed by atoms with Crippen LogP contribution in [0.15, 0.2) is 29.1 Å². The van der Waals surface area contributed by atoms with Gasteiger partial charge in [0.05, 0.1) is 18.1 Å². The second-order valence-corrected chi connectivity index (χ2v) is 7.11. The second-order valence-electron chi connectivity index (χ2n) is 7.11. The summed E-state index contributed by atoms with van der Waals surface area (Å²) in [7, 11) is 1.52. The number of benzene rings is 1. The Labute approximate surface area is 151 Å². The molecule has 0 radical (unpaired) electrons. The Hall–Kier alpha value is -2.25. The molecular formula is C19H25N3O4. The lowest BCUT2D eigenvalue weighted by atomic mass is 9.73. The number of carbonyl (C=O) groups is 1. The number of aromatic nitrogens is 2. The Morgan fingerprint density at radius 3 is 2.65 bits per heavy atom. The van der Waals surface area contributed by atoms with Gasteiger partial charge in [-0.15, -0.1) is 0 Å². The molecule has 3 rings (SSSR count). The van der Waals surface area contributed by atoms with Gasteiger partial charge in [-0.25, -0.2) is 4.68 Å². The number of fused-ring (bicyclic) bond motifs is 1. The number of piperidine rings is 1. The third kappa shape index (κ3) is 3.01. The molecule has 2 aromatic rings. The Bertz CT molecular complexity index is 879. The third-order valence-corrected chi connectivity index (χ3v) is 5.49. The van der Waals surface area contributed by atoms with Crippen molar-refractivity contribution in [1.29, 1.82) is 0 Å². The van der Waals surface area contributed by atoms with E-state index in [-0.39, 0.29) is 30.3 Å². The Morgan fingerprint density at radius 1 is 1.35 bits per heavy atom. The Morgan fingerprint density at radius 2 is 2.04 bits per heavy atom. The SMILES string of the molecule is CCC[C@]1(CO)CCN(C(=O)c2nn(C)c(=O)c3ccccc23)C[C@@H]1O. The van der Waals surface area contributed by atoms with Gasteiger partial charge in [0.15, 0.2) is 5.69 Å². The summed E-state index contributed by atoms with van der Waals surface area (Å²) in [5.41, 5.74) is -0.593. The zero-order valence-corrected chi connectivity index (χ0v) is 15.2. The molecule has 2 heterocycles. The van der Waals surface area contributed by atoms with Crippen LogP contribution in [0.5, 0.6) is 0 Å². The molecule has 1 aromatic heterocycles. The summed E-state index contributed by atoms with van der Waals surface area (Å²) in [4.78, 5) is 26.9. The van der Waals surface area contributed by atoms with Crippen LogP contribution in [0, 0.1) is 5.41 Å². The molecule has 2 N–H and O–H groups in total. The highest BCUT2D eigenvalue weighted by molar-refractivity contribution is 6.04. The first-order chi connectivity index (χ1) is 12.4. The highest BCUT2D eigenvalue weighted by Gasteiger charge is 2.42. The van der Waals surface area contributed by atoms with Crippen molar-refractivity contribution in [2.45, 2.75) is 32.3 Å². The van der Waals surface area contributed by atoms with Crippen molar-refractivity contribution in [3.05, 3.63) is 40.3 Å². The lowest BCUT2D eigenvalue weighted by Crippen LogP contribution is -2.54. The fourth-order valence-electron chi connectivity index (χ4n) is 3.86. The number of hydrogen-bond acceptors (Lipinski definition) is 5. The van der Waals surface area contributed by atoms with Crippen molar-refractivity contribution < 1.29 is 15.0 Å². The van der Waals surface area contributed by atoms with Crippen molar-refractivity contribution in [1.82, 2.24) is 14.7 Å². The zero-order valence-electron chi connectivity index (χ0n) is 15.2. The van der Waals surface area contributed by atoms with E-state index in [4.69, 9.17) is 0 Å². The third-order valence-electron chi connectivity index (χ3n) is 5.49. The average molecular weight is 359 g/mol. The number of rotatable bonds is 4. The van der Waals surface area contributed by atoms with Gasteiger partial charge in [0.2, 0.25) is 0 Å². The lowest BCUT2D eigenvalue weighted by Gasteiger charge is -2.44. The van der Waals surface area contributed by atoms with Gasteiger partial charge in [-0.05, 0) is 18.9 Å². The molecule has 1 aliphatic rings. The molecule has 0 saturated carbocycles. The second kappa shape index (κ2) is 7.17. The van der Waals surface area contributed by atoms with E-state index in [0.29, 0.717) is 30.2 Å². The van der Waals surface area contributed by atoms with E-state index in [1.54, 1.807) is 29.2 Å². The molecule has 1 saturated heterocycles. The fraction of sp³-hybridized carbons (Fsp3) is 0.526. The molecule has 0 aliphatic carbocycles. The van der Waals surface area contributed by atoms with Gasteiger partial charge in [-0.1, -0.05) is 31.5 Å². The predicted molar refractivity (Wildman–Crippen MR) is 97.9 cm³/mol. The maximum absolute atomic E-state index is 13.1. The van der Waals surface area contributed by atoms with Gasteiger partial charge >= 0.3 is 0 Å². The van der Waals surface area contributed by atoms with Crippen molar-refractivity contribution in [2.24, 2.45) is 12.5 Å². The molecular weight excluding hydrogens is 334 g/mol. The van der Waals surface area contributed by atoms with Gasteiger partial charge in [0, 0.05) is 30.9 Å². The monoisotopic (exact) mass is 359 g/mol. The molecule has 0 unspecified atom stereocenters. The van der Waals surface area contributed by atoms with Crippen LogP contribution in [0.25, 0.3) is 10.8 Å². The van der Waals surface area contributed by atoms with Crippen LogP contribution in [0.3, 0.4) is 0 Å². The van der Waals surface area contributed by atoms with E-state index >= 15 is 0 Å². The minimum absolute atomic E-state index is 0.0922. The maximum atomic E-state index is 13.1. The van der Waals surface area contributed by atoms with E-state index in [2.05, 4.69) is 5.10 Å². The van der Waals surface area contributed by atoms with E-state index in [1.807, 2.05) is 6.92 Å². The van der Waals surface area contributed by atoms with Crippen molar-refractivity contribution in [2.75, 3.05) is 19.7 Å². The smallest absolute Gasteiger partial charge is 0.275 e. The van der Waals surface area contributed by atoms with Crippen LogP contribution in [0.1, 0.15) is 36.7 Å². The van der Waals surface area contributed by atoms with Crippen LogP contribution in [-0.4, -0.2) is 56.6 Å². The molecule has 7 nitrogen and oxygen atoms in total. The summed E-state index contributed by atoms with van der Waals surface area (Å²) in [6, 6.07) is 6.91. The number of aliphatic hydroxyl groups is 2. The number of likely N-dealkylation sites (tertiary alicyclic amines) is 1. The molecule has 1 aliphatic heterocycles. The van der Waals surface area contributed by atoms with Crippen LogP contribution in [-0.2, 0) is 7.05 Å². The summed E-state index contributed by atoms with van der Waals surface area (Å²) in [6.07, 6.45) is 1.32. The average Bonchev–Trinajstić information content (AvgIpc) is 2.66. The molecule has 1 amide bonds. The normalized spacial score (nSPS) is 23.4.